The molecule has 2 aromatic carbocycles. The molecule has 10 nitrogen and oxygen atoms in total. The Bertz CT molecular complexity index is 1130. The summed E-state index contributed by atoms with van der Waals surface area (Å²) in [4.78, 5) is 10.1. The van der Waals surface area contributed by atoms with E-state index in [1.165, 1.54) is 0 Å². The van der Waals surface area contributed by atoms with E-state index in [-0.39, 0.29) is 19.3 Å². The van der Waals surface area contributed by atoms with Crippen LogP contribution in [0.3, 0.4) is 0 Å². The Kier molecular flexibility index (Phi) is 12.8. The molecule has 2 aromatic rings. The number of hydrogen-bond donors (Lipinski definition) is 6. The van der Waals surface area contributed by atoms with Gasteiger partial charge in [-0.2, -0.15) is 13.2 Å². The Labute approximate surface area is 245 Å². The van der Waals surface area contributed by atoms with Gasteiger partial charge in [0.1, 0.15) is 55.5 Å². The van der Waals surface area contributed by atoms with E-state index in [0.717, 1.165) is 24.9 Å². The highest BCUT2D eigenvalue weighted by Gasteiger charge is 2.44. The normalized spacial score (nSPS) is 25.9. The first-order chi connectivity index (χ1) is 19.9. The van der Waals surface area contributed by atoms with Gasteiger partial charge in [-0.05, 0) is 60.7 Å². The molecule has 234 valence electrons. The smallest absolute Gasteiger partial charge is 0.411 e. The van der Waals surface area contributed by atoms with Crippen LogP contribution in [-0.2, 0) is 20.7 Å². The van der Waals surface area contributed by atoms with E-state index in [1.807, 2.05) is 0 Å². The zero-order chi connectivity index (χ0) is 30.9. The summed E-state index contributed by atoms with van der Waals surface area (Å²) in [7, 11) is 0. The SMILES string of the molecule is O=C(O)[C@@H]1CCCN1.OC[C@H]1O[C@@H](c2ccc(Cl)c(Cc3ccc(OCCOCC(F)(F)F)cc3)c2)[C@H](O)[C@@H](O)[C@@H]1O. The third-order valence-electron chi connectivity index (χ3n) is 6.73. The second kappa shape index (κ2) is 15.8. The molecule has 2 aliphatic rings. The average Bonchev–Trinajstić information content (AvgIpc) is 3.50. The standard InChI is InChI=1S/C23H26ClF3O7.C5H9NO2/c24-17-6-3-14(22-21(31)20(30)19(29)18(11-28)34-22)10-15(17)9-13-1-4-16(5-2-13)33-8-7-32-12-23(25,26)27;7-5(8)4-2-1-3-6-4/h1-6,10,18-22,28-31H,7-9,11-12H2;4,6H,1-3H2,(H,7,8)/t18-,19-,20+,21-,22+;4-/m10/s1. The Hall–Kier alpha value is -2.49. The van der Waals surface area contributed by atoms with Crippen molar-refractivity contribution < 1.29 is 57.7 Å². The second-order valence-corrected chi connectivity index (χ2v) is 10.3. The largest absolute Gasteiger partial charge is 0.491 e. The van der Waals surface area contributed by atoms with Crippen molar-refractivity contribution in [3.8, 4) is 5.75 Å². The van der Waals surface area contributed by atoms with Crippen LogP contribution in [0.25, 0.3) is 0 Å². The van der Waals surface area contributed by atoms with E-state index in [0.29, 0.717) is 28.3 Å². The van der Waals surface area contributed by atoms with E-state index in [1.54, 1.807) is 42.5 Å². The van der Waals surface area contributed by atoms with Gasteiger partial charge in [-0.25, -0.2) is 0 Å². The minimum absolute atomic E-state index is 0.0254. The van der Waals surface area contributed by atoms with Crippen LogP contribution in [0.2, 0.25) is 5.02 Å². The number of benzene rings is 2. The van der Waals surface area contributed by atoms with Crippen molar-refractivity contribution in [3.63, 3.8) is 0 Å². The first-order valence-corrected chi connectivity index (χ1v) is 13.7. The van der Waals surface area contributed by atoms with Crippen LogP contribution in [0.1, 0.15) is 35.6 Å². The number of alkyl halides is 3. The van der Waals surface area contributed by atoms with E-state index >= 15 is 0 Å². The summed E-state index contributed by atoms with van der Waals surface area (Å²) in [5.74, 6) is -0.247. The Morgan fingerprint density at radius 2 is 1.76 bits per heavy atom. The first-order valence-electron chi connectivity index (χ1n) is 13.3. The number of carboxylic acid groups (broad SMARTS) is 1. The molecule has 2 fully saturated rings. The molecule has 0 aromatic heterocycles. The van der Waals surface area contributed by atoms with Gasteiger partial charge in [0.25, 0.3) is 0 Å². The van der Waals surface area contributed by atoms with Gasteiger partial charge in [-0.3, -0.25) is 4.79 Å². The molecule has 0 spiro atoms. The fraction of sp³-hybridized carbons (Fsp3) is 0.536. The Morgan fingerprint density at radius 1 is 1.05 bits per heavy atom. The second-order valence-electron chi connectivity index (χ2n) is 9.92. The fourth-order valence-corrected chi connectivity index (χ4v) is 4.69. The molecule has 0 amide bonds. The highest BCUT2D eigenvalue weighted by Crippen LogP contribution is 2.34. The number of nitrogens with one attached hydrogen (secondary N) is 1. The highest BCUT2D eigenvalue weighted by atomic mass is 35.5. The lowest BCUT2D eigenvalue weighted by Crippen LogP contribution is -2.55. The summed E-state index contributed by atoms with van der Waals surface area (Å²) in [5, 5.41) is 51.5. The van der Waals surface area contributed by atoms with Gasteiger partial charge >= 0.3 is 12.1 Å². The molecule has 0 bridgehead atoms. The van der Waals surface area contributed by atoms with Crippen LogP contribution in [0.5, 0.6) is 5.75 Å². The first kappa shape index (κ1) is 34.0. The van der Waals surface area contributed by atoms with E-state index in [4.69, 9.17) is 26.2 Å². The molecule has 6 atom stereocenters. The summed E-state index contributed by atoms with van der Waals surface area (Å²) in [5.41, 5.74) is 2.11. The molecule has 42 heavy (non-hydrogen) atoms. The number of aliphatic carboxylic acids is 1. The van der Waals surface area contributed by atoms with Crippen LogP contribution in [0, 0.1) is 0 Å². The summed E-state index contributed by atoms with van der Waals surface area (Å²) in [6, 6.07) is 11.6. The Morgan fingerprint density at radius 3 is 2.33 bits per heavy atom. The van der Waals surface area contributed by atoms with Crippen LogP contribution < -0.4 is 10.1 Å². The van der Waals surface area contributed by atoms with Gasteiger partial charge in [0, 0.05) is 5.02 Å². The molecule has 0 radical (unpaired) electrons. The van der Waals surface area contributed by atoms with Gasteiger partial charge in [-0.1, -0.05) is 35.9 Å². The van der Waals surface area contributed by atoms with E-state index in [9.17, 15) is 38.4 Å². The van der Waals surface area contributed by atoms with Crippen LogP contribution in [-0.4, -0.2) is 101 Å². The quantitative estimate of drug-likeness (QED) is 0.217. The number of aliphatic hydroxyl groups excluding tert-OH is 4. The van der Waals surface area contributed by atoms with Gasteiger partial charge in [0.05, 0.1) is 13.2 Å². The highest BCUT2D eigenvalue weighted by molar-refractivity contribution is 6.31. The maximum Gasteiger partial charge on any atom is 0.411 e. The molecular weight excluding hydrogens is 587 g/mol. The van der Waals surface area contributed by atoms with Crippen molar-refractivity contribution >= 4 is 17.6 Å². The van der Waals surface area contributed by atoms with E-state index in [2.05, 4.69) is 10.1 Å². The van der Waals surface area contributed by atoms with Gasteiger partial charge in [0.15, 0.2) is 0 Å². The van der Waals surface area contributed by atoms with Crippen molar-refractivity contribution in [1.82, 2.24) is 5.32 Å². The van der Waals surface area contributed by atoms with Gasteiger partial charge < -0.3 is 45.1 Å². The van der Waals surface area contributed by atoms with Crippen LogP contribution >= 0.6 is 11.6 Å². The predicted octanol–water partition coefficient (Wildman–Crippen LogP) is 2.23. The van der Waals surface area contributed by atoms with Crippen molar-refractivity contribution in [2.24, 2.45) is 0 Å². The predicted molar refractivity (Wildman–Crippen MR) is 144 cm³/mol. The summed E-state index contributed by atoms with van der Waals surface area (Å²) < 4.78 is 51.6. The number of halogens is 4. The topological polar surface area (TPSA) is 158 Å². The molecule has 2 heterocycles. The monoisotopic (exact) mass is 621 g/mol. The number of ether oxygens (including phenoxy) is 3. The maximum absolute atomic E-state index is 12.0. The van der Waals surface area contributed by atoms with Crippen LogP contribution in [0.15, 0.2) is 42.5 Å². The maximum atomic E-state index is 12.0. The molecule has 0 aliphatic carbocycles. The van der Waals surface area contributed by atoms with Gasteiger partial charge in [0.2, 0.25) is 0 Å². The van der Waals surface area contributed by atoms with E-state index < -0.39 is 55.9 Å². The molecule has 2 aliphatic heterocycles. The summed E-state index contributed by atoms with van der Waals surface area (Å²) >= 11 is 6.34. The number of aliphatic hydroxyl groups is 4. The number of carbonyl (C=O) groups is 1. The van der Waals surface area contributed by atoms with Crippen molar-refractivity contribution in [1.29, 1.82) is 0 Å². The third kappa shape index (κ3) is 10.1. The third-order valence-corrected chi connectivity index (χ3v) is 7.10. The number of rotatable bonds is 10. The number of carboxylic acids is 1. The lowest BCUT2D eigenvalue weighted by atomic mass is 9.90. The molecule has 14 heteroatoms. The van der Waals surface area contributed by atoms with Crippen LogP contribution in [0.4, 0.5) is 13.2 Å². The molecule has 6 N–H and O–H groups in total. The molecule has 4 rings (SSSR count). The zero-order valence-corrected chi connectivity index (χ0v) is 23.3. The fourth-order valence-electron chi connectivity index (χ4n) is 4.51. The summed E-state index contributed by atoms with van der Waals surface area (Å²) in [6.45, 7) is -1.20. The zero-order valence-electron chi connectivity index (χ0n) is 22.5. The Balaban J connectivity index is 0.000000521. The summed E-state index contributed by atoms with van der Waals surface area (Å²) in [6.07, 6.45) is -8.49. The minimum atomic E-state index is -4.37. The van der Waals surface area contributed by atoms with Crippen molar-refractivity contribution in [3.05, 3.63) is 64.2 Å². The molecular formula is C28H35ClF3NO9. The molecule has 0 saturated carbocycles. The lowest BCUT2D eigenvalue weighted by molar-refractivity contribution is -0.231. The average molecular weight is 622 g/mol. The lowest BCUT2D eigenvalue weighted by Gasteiger charge is -2.40. The molecule has 0 unspecified atom stereocenters. The minimum Gasteiger partial charge on any atom is -0.491 e. The molecule has 2 saturated heterocycles. The van der Waals surface area contributed by atoms with Crippen molar-refractivity contribution in [2.45, 2.75) is 62.0 Å². The number of hydrogen-bond acceptors (Lipinski definition) is 9. The van der Waals surface area contributed by atoms with Gasteiger partial charge in [-0.15, -0.1) is 0 Å². The van der Waals surface area contributed by atoms with Crippen molar-refractivity contribution in [2.75, 3.05) is 33.0 Å².